The molecule has 2 rings (SSSR count). The highest BCUT2D eigenvalue weighted by molar-refractivity contribution is 5.97. The van der Waals surface area contributed by atoms with Gasteiger partial charge in [-0.15, -0.1) is 0 Å². The minimum absolute atomic E-state index is 0.139. The molecule has 0 unspecified atom stereocenters. The SMILES string of the molecule is Cc1c(N(C)C(=O)[C@H](C)N2CCOCC2)ccc(F)c1F. The average Bonchev–Trinajstić information content (AvgIpc) is 2.51. The first kappa shape index (κ1) is 15.9. The van der Waals surface area contributed by atoms with Crippen LogP contribution in [0.1, 0.15) is 12.5 Å². The van der Waals surface area contributed by atoms with E-state index in [1.165, 1.54) is 17.9 Å². The Morgan fingerprint density at radius 3 is 2.57 bits per heavy atom. The fourth-order valence-corrected chi connectivity index (χ4v) is 2.53. The maximum atomic E-state index is 13.6. The monoisotopic (exact) mass is 298 g/mol. The highest BCUT2D eigenvalue weighted by atomic mass is 19.2. The fraction of sp³-hybridized carbons (Fsp3) is 0.533. The van der Waals surface area contributed by atoms with E-state index in [1.54, 1.807) is 7.05 Å². The van der Waals surface area contributed by atoms with E-state index < -0.39 is 11.6 Å². The zero-order valence-electron chi connectivity index (χ0n) is 12.5. The van der Waals surface area contributed by atoms with Crippen LogP contribution in [-0.4, -0.2) is 50.2 Å². The largest absolute Gasteiger partial charge is 0.379 e. The van der Waals surface area contributed by atoms with E-state index in [0.717, 1.165) is 6.07 Å². The summed E-state index contributed by atoms with van der Waals surface area (Å²) >= 11 is 0. The molecule has 1 aromatic rings. The molecule has 0 radical (unpaired) electrons. The maximum absolute atomic E-state index is 13.6. The molecule has 1 aliphatic heterocycles. The summed E-state index contributed by atoms with van der Waals surface area (Å²) in [6.45, 7) is 5.88. The Bertz CT molecular complexity index is 531. The number of hydrogen-bond acceptors (Lipinski definition) is 3. The molecule has 1 atom stereocenters. The molecule has 21 heavy (non-hydrogen) atoms. The second-order valence-electron chi connectivity index (χ2n) is 5.23. The standard InChI is InChI=1S/C15H20F2N2O2/c1-10-13(5-4-12(16)14(10)17)18(3)15(20)11(2)19-6-8-21-9-7-19/h4-5,11H,6-9H2,1-3H3/t11-/m0/s1. The number of likely N-dealkylation sites (N-methyl/N-ethyl adjacent to an activating group) is 1. The molecule has 1 saturated heterocycles. The van der Waals surface area contributed by atoms with Crippen LogP contribution < -0.4 is 4.90 Å². The van der Waals surface area contributed by atoms with E-state index in [4.69, 9.17) is 4.74 Å². The first-order valence-electron chi connectivity index (χ1n) is 6.97. The van der Waals surface area contributed by atoms with E-state index in [2.05, 4.69) is 0 Å². The maximum Gasteiger partial charge on any atom is 0.243 e. The summed E-state index contributed by atoms with van der Waals surface area (Å²) in [5.74, 6) is -1.96. The Kier molecular flexibility index (Phi) is 4.90. The first-order valence-corrected chi connectivity index (χ1v) is 6.97. The molecule has 1 aliphatic rings. The van der Waals surface area contributed by atoms with E-state index in [9.17, 15) is 13.6 Å². The highest BCUT2D eigenvalue weighted by Crippen LogP contribution is 2.24. The minimum Gasteiger partial charge on any atom is -0.379 e. The molecule has 0 spiro atoms. The van der Waals surface area contributed by atoms with Crippen molar-refractivity contribution in [2.45, 2.75) is 19.9 Å². The number of ether oxygens (including phenoxy) is 1. The van der Waals surface area contributed by atoms with Crippen LogP contribution in [0.25, 0.3) is 0 Å². The van der Waals surface area contributed by atoms with Crippen LogP contribution in [0.15, 0.2) is 12.1 Å². The van der Waals surface area contributed by atoms with Gasteiger partial charge in [0.25, 0.3) is 0 Å². The van der Waals surface area contributed by atoms with E-state index in [0.29, 0.717) is 32.0 Å². The van der Waals surface area contributed by atoms with E-state index in [1.807, 2.05) is 11.8 Å². The van der Waals surface area contributed by atoms with Crippen molar-refractivity contribution in [3.8, 4) is 0 Å². The predicted molar refractivity (Wildman–Crippen MR) is 76.4 cm³/mol. The van der Waals surface area contributed by atoms with Crippen LogP contribution in [-0.2, 0) is 9.53 Å². The normalized spacial score (nSPS) is 17.6. The van der Waals surface area contributed by atoms with Crippen LogP contribution in [0.2, 0.25) is 0 Å². The number of nitrogens with zero attached hydrogens (tertiary/aromatic N) is 2. The number of carbonyl (C=O) groups excluding carboxylic acids is 1. The van der Waals surface area contributed by atoms with Gasteiger partial charge in [0.05, 0.1) is 19.3 Å². The van der Waals surface area contributed by atoms with E-state index >= 15 is 0 Å². The summed E-state index contributed by atoms with van der Waals surface area (Å²) in [5, 5.41) is 0. The van der Waals surface area contributed by atoms with Crippen molar-refractivity contribution in [3.05, 3.63) is 29.3 Å². The lowest BCUT2D eigenvalue weighted by atomic mass is 10.1. The molecule has 0 bridgehead atoms. The van der Waals surface area contributed by atoms with Crippen molar-refractivity contribution in [1.29, 1.82) is 0 Å². The molecule has 1 fully saturated rings. The number of anilines is 1. The Morgan fingerprint density at radius 2 is 1.95 bits per heavy atom. The van der Waals surface area contributed by atoms with Gasteiger partial charge in [0.15, 0.2) is 11.6 Å². The number of carbonyl (C=O) groups is 1. The lowest BCUT2D eigenvalue weighted by molar-refractivity contribution is -0.124. The smallest absolute Gasteiger partial charge is 0.243 e. The second kappa shape index (κ2) is 6.49. The summed E-state index contributed by atoms with van der Waals surface area (Å²) < 4.78 is 32.1. The molecule has 1 aromatic carbocycles. The van der Waals surface area contributed by atoms with Crippen LogP contribution in [0.5, 0.6) is 0 Å². The second-order valence-corrected chi connectivity index (χ2v) is 5.23. The van der Waals surface area contributed by atoms with Crippen molar-refractivity contribution < 1.29 is 18.3 Å². The van der Waals surface area contributed by atoms with Crippen molar-refractivity contribution in [3.63, 3.8) is 0 Å². The number of halogens is 2. The van der Waals surface area contributed by atoms with Crippen LogP contribution in [0, 0.1) is 18.6 Å². The number of morpholine rings is 1. The molecule has 0 aliphatic carbocycles. The van der Waals surface area contributed by atoms with Gasteiger partial charge in [0.1, 0.15) is 0 Å². The summed E-state index contributed by atoms with van der Waals surface area (Å²) in [4.78, 5) is 15.9. The third kappa shape index (κ3) is 3.22. The van der Waals surface area contributed by atoms with Gasteiger partial charge in [-0.2, -0.15) is 0 Å². The third-order valence-electron chi connectivity index (χ3n) is 3.95. The first-order chi connectivity index (χ1) is 9.93. The van der Waals surface area contributed by atoms with Gasteiger partial charge in [-0.25, -0.2) is 8.78 Å². The van der Waals surface area contributed by atoms with Crippen molar-refractivity contribution in [2.75, 3.05) is 38.3 Å². The topological polar surface area (TPSA) is 32.8 Å². The molecular weight excluding hydrogens is 278 g/mol. The van der Waals surface area contributed by atoms with Gasteiger partial charge in [0, 0.05) is 31.4 Å². The molecule has 0 N–H and O–H groups in total. The Hall–Kier alpha value is -1.53. The fourth-order valence-electron chi connectivity index (χ4n) is 2.53. The number of rotatable bonds is 3. The third-order valence-corrected chi connectivity index (χ3v) is 3.95. The molecule has 1 amide bonds. The minimum atomic E-state index is -0.911. The zero-order valence-corrected chi connectivity index (χ0v) is 12.5. The molecule has 4 nitrogen and oxygen atoms in total. The molecule has 0 aromatic heterocycles. The Labute approximate surface area is 123 Å². The average molecular weight is 298 g/mol. The Morgan fingerprint density at radius 1 is 1.33 bits per heavy atom. The molecular formula is C15H20F2N2O2. The van der Waals surface area contributed by atoms with Crippen molar-refractivity contribution >= 4 is 11.6 Å². The van der Waals surface area contributed by atoms with Gasteiger partial charge < -0.3 is 9.64 Å². The van der Waals surface area contributed by atoms with Crippen molar-refractivity contribution in [1.82, 2.24) is 4.90 Å². The summed E-state index contributed by atoms with van der Waals surface area (Å²) in [7, 11) is 1.58. The van der Waals surface area contributed by atoms with Gasteiger partial charge in [-0.05, 0) is 26.0 Å². The molecule has 1 heterocycles. The highest BCUT2D eigenvalue weighted by Gasteiger charge is 2.27. The van der Waals surface area contributed by atoms with Crippen molar-refractivity contribution in [2.24, 2.45) is 0 Å². The lowest BCUT2D eigenvalue weighted by Gasteiger charge is -2.33. The van der Waals surface area contributed by atoms with Gasteiger partial charge in [-0.3, -0.25) is 9.69 Å². The molecule has 116 valence electrons. The number of amides is 1. The number of hydrogen-bond donors (Lipinski definition) is 0. The van der Waals surface area contributed by atoms with Gasteiger partial charge in [0.2, 0.25) is 5.91 Å². The quantitative estimate of drug-likeness (QED) is 0.855. The molecule has 0 saturated carbocycles. The molecule has 6 heteroatoms. The van der Waals surface area contributed by atoms with Crippen LogP contribution >= 0.6 is 0 Å². The summed E-state index contributed by atoms with van der Waals surface area (Å²) in [5.41, 5.74) is 0.527. The zero-order chi connectivity index (χ0) is 15.6. The van der Waals surface area contributed by atoms with Gasteiger partial charge in [-0.1, -0.05) is 0 Å². The number of benzene rings is 1. The Balaban J connectivity index is 2.17. The van der Waals surface area contributed by atoms with Crippen LogP contribution in [0.4, 0.5) is 14.5 Å². The van der Waals surface area contributed by atoms with Crippen LogP contribution in [0.3, 0.4) is 0 Å². The van der Waals surface area contributed by atoms with Gasteiger partial charge >= 0.3 is 0 Å². The lowest BCUT2D eigenvalue weighted by Crippen LogP contribution is -2.50. The summed E-state index contributed by atoms with van der Waals surface area (Å²) in [6, 6.07) is 2.14. The summed E-state index contributed by atoms with van der Waals surface area (Å²) in [6.07, 6.45) is 0. The predicted octanol–water partition coefficient (Wildman–Crippen LogP) is 1.96. The van der Waals surface area contributed by atoms with E-state index in [-0.39, 0.29) is 17.5 Å².